The molecule has 2 N–H and O–H groups in total. The highest BCUT2D eigenvalue weighted by molar-refractivity contribution is 7.91. The van der Waals surface area contributed by atoms with Crippen LogP contribution < -0.4 is 10.0 Å². The van der Waals surface area contributed by atoms with Crippen LogP contribution in [0.25, 0.3) is 5.65 Å². The van der Waals surface area contributed by atoms with Crippen LogP contribution in [0.2, 0.25) is 0 Å². The molecule has 0 aromatic carbocycles. The summed E-state index contributed by atoms with van der Waals surface area (Å²) in [5.41, 5.74) is 1.11. The summed E-state index contributed by atoms with van der Waals surface area (Å²) in [5.74, 6) is -1.03. The number of nitrogens with one attached hydrogen (secondary N) is 2. The third-order valence-corrected chi connectivity index (χ3v) is 6.68. The fourth-order valence-electron chi connectivity index (χ4n) is 2.33. The zero-order chi connectivity index (χ0) is 19.8. The molecule has 0 aliphatic heterocycles. The number of sulfonamides is 1. The van der Waals surface area contributed by atoms with Crippen LogP contribution in [0.1, 0.15) is 17.0 Å². The largest absolute Gasteiger partial charge is 0.453 e. The fourth-order valence-corrected chi connectivity index (χ4v) is 4.40. The van der Waals surface area contributed by atoms with Crippen molar-refractivity contribution in [3.05, 3.63) is 34.5 Å². The number of fused-ring (bicyclic) bond motifs is 1. The van der Waals surface area contributed by atoms with E-state index in [9.17, 15) is 21.6 Å². The molecule has 3 heterocycles. The van der Waals surface area contributed by atoms with Crippen molar-refractivity contribution in [2.45, 2.75) is 24.2 Å². The van der Waals surface area contributed by atoms with Crippen LogP contribution in [0.5, 0.6) is 0 Å². The molecule has 0 amide bonds. The minimum Gasteiger partial charge on any atom is -0.367 e. The average molecular weight is 420 g/mol. The third-order valence-electron chi connectivity index (χ3n) is 3.82. The van der Waals surface area contributed by atoms with E-state index in [1.54, 1.807) is 25.3 Å². The topological polar surface area (TPSA) is 101 Å². The number of aryl methyl sites for hydroxylation is 1. The van der Waals surface area contributed by atoms with E-state index < -0.39 is 22.0 Å². The van der Waals surface area contributed by atoms with E-state index in [1.165, 1.54) is 6.07 Å². The summed E-state index contributed by atoms with van der Waals surface area (Å²) in [6.45, 7) is 3.47. The van der Waals surface area contributed by atoms with Crippen molar-refractivity contribution >= 4 is 32.8 Å². The van der Waals surface area contributed by atoms with E-state index in [0.717, 1.165) is 11.3 Å². The van der Waals surface area contributed by atoms with Gasteiger partial charge in [0.2, 0.25) is 10.0 Å². The monoisotopic (exact) mass is 420 g/mol. The molecule has 8 nitrogen and oxygen atoms in total. The van der Waals surface area contributed by atoms with Crippen molar-refractivity contribution in [3.63, 3.8) is 0 Å². The fraction of sp³-hybridized carbons (Fsp3) is 0.357. The molecular weight excluding hydrogens is 405 g/mol. The number of thiophene rings is 1. The van der Waals surface area contributed by atoms with Crippen LogP contribution in [0, 0.1) is 13.8 Å². The highest BCUT2D eigenvalue weighted by Crippen LogP contribution is 2.29. The average Bonchev–Trinajstić information content (AvgIpc) is 3.24. The Morgan fingerprint density at radius 2 is 1.93 bits per heavy atom. The molecule has 0 unspecified atom stereocenters. The Bertz CT molecular complexity index is 1060. The number of alkyl halides is 3. The number of nitrogens with zero attached hydrogens (tertiary/aromatic N) is 4. The van der Waals surface area contributed by atoms with Gasteiger partial charge < -0.3 is 5.32 Å². The van der Waals surface area contributed by atoms with Crippen LogP contribution in [0.4, 0.5) is 19.0 Å². The van der Waals surface area contributed by atoms with Gasteiger partial charge in [-0.3, -0.25) is 0 Å². The van der Waals surface area contributed by atoms with E-state index in [1.807, 2.05) is 0 Å². The highest BCUT2D eigenvalue weighted by Gasteiger charge is 2.38. The first kappa shape index (κ1) is 19.5. The summed E-state index contributed by atoms with van der Waals surface area (Å²) in [6.07, 6.45) is -4.69. The number of hydrogen-bond acceptors (Lipinski definition) is 7. The molecule has 0 aliphatic rings. The van der Waals surface area contributed by atoms with Crippen molar-refractivity contribution < 1.29 is 21.6 Å². The van der Waals surface area contributed by atoms with Crippen LogP contribution in [0.3, 0.4) is 0 Å². The van der Waals surface area contributed by atoms with Crippen LogP contribution in [-0.4, -0.2) is 41.3 Å². The van der Waals surface area contributed by atoms with E-state index in [0.29, 0.717) is 15.6 Å². The Hall–Kier alpha value is -2.25. The molecule has 0 aliphatic carbocycles. The number of rotatable bonds is 6. The number of hydrogen-bond donors (Lipinski definition) is 2. The molecule has 3 aromatic rings. The summed E-state index contributed by atoms with van der Waals surface area (Å²) in [5, 5.41) is 15.2. The predicted octanol–water partition coefficient (Wildman–Crippen LogP) is 2.21. The summed E-state index contributed by atoms with van der Waals surface area (Å²) in [6, 6.07) is 3.11. The van der Waals surface area contributed by atoms with E-state index in [4.69, 9.17) is 0 Å². The highest BCUT2D eigenvalue weighted by atomic mass is 32.2. The van der Waals surface area contributed by atoms with E-state index in [-0.39, 0.29) is 28.8 Å². The smallest absolute Gasteiger partial charge is 0.367 e. The Morgan fingerprint density at radius 3 is 2.56 bits per heavy atom. The first-order valence-electron chi connectivity index (χ1n) is 7.68. The zero-order valence-electron chi connectivity index (χ0n) is 14.2. The minimum absolute atomic E-state index is 0.0174. The number of halogens is 3. The van der Waals surface area contributed by atoms with Crippen LogP contribution in [-0.2, 0) is 16.2 Å². The van der Waals surface area contributed by atoms with Gasteiger partial charge in [-0.1, -0.05) is 6.07 Å². The Balaban J connectivity index is 1.76. The minimum atomic E-state index is -4.69. The van der Waals surface area contributed by atoms with Crippen LogP contribution >= 0.6 is 11.3 Å². The Kier molecular flexibility index (Phi) is 5.10. The molecule has 0 spiro atoms. The van der Waals surface area contributed by atoms with Gasteiger partial charge in [-0.25, -0.2) is 13.1 Å². The van der Waals surface area contributed by atoms with E-state index >= 15 is 0 Å². The Labute approximate surface area is 156 Å². The SMILES string of the molecule is Cc1c(NCCNS(=O)(=O)c2cccs2)nn2c(C(F)(F)F)nnc2c1C. The van der Waals surface area contributed by atoms with Gasteiger partial charge in [0.25, 0.3) is 5.82 Å². The van der Waals surface area contributed by atoms with Gasteiger partial charge in [0.05, 0.1) is 0 Å². The van der Waals surface area contributed by atoms with Gasteiger partial charge >= 0.3 is 6.18 Å². The zero-order valence-corrected chi connectivity index (χ0v) is 15.8. The molecule has 146 valence electrons. The molecule has 13 heteroatoms. The molecule has 0 fully saturated rings. The third kappa shape index (κ3) is 3.89. The van der Waals surface area contributed by atoms with Gasteiger partial charge in [-0.05, 0) is 30.9 Å². The van der Waals surface area contributed by atoms with E-state index in [2.05, 4.69) is 25.3 Å². The first-order chi connectivity index (χ1) is 12.6. The van der Waals surface area contributed by atoms with Gasteiger partial charge in [0, 0.05) is 18.7 Å². The second-order valence-electron chi connectivity index (χ2n) is 5.61. The second-order valence-corrected chi connectivity index (χ2v) is 8.55. The van der Waals surface area contributed by atoms with Crippen LogP contribution in [0.15, 0.2) is 21.7 Å². The lowest BCUT2D eigenvalue weighted by Gasteiger charge is -2.13. The summed E-state index contributed by atoms with van der Waals surface area (Å²) in [7, 11) is -3.61. The van der Waals surface area contributed by atoms with Crippen molar-refractivity contribution in [1.82, 2.24) is 24.5 Å². The van der Waals surface area contributed by atoms with Gasteiger partial charge in [0.1, 0.15) is 10.0 Å². The molecule has 0 bridgehead atoms. The lowest BCUT2D eigenvalue weighted by Crippen LogP contribution is -2.29. The summed E-state index contributed by atoms with van der Waals surface area (Å²) in [4.78, 5) is 0. The molecule has 0 saturated heterocycles. The van der Waals surface area contributed by atoms with Crippen molar-refractivity contribution in [1.29, 1.82) is 0 Å². The maximum absolute atomic E-state index is 13.0. The summed E-state index contributed by atoms with van der Waals surface area (Å²) >= 11 is 1.09. The molecular formula is C14H15F3N6O2S2. The lowest BCUT2D eigenvalue weighted by atomic mass is 10.2. The molecule has 0 saturated carbocycles. The summed E-state index contributed by atoms with van der Waals surface area (Å²) < 4.78 is 66.4. The molecule has 27 heavy (non-hydrogen) atoms. The molecule has 3 rings (SSSR count). The van der Waals surface area contributed by atoms with Gasteiger partial charge in [-0.2, -0.15) is 17.7 Å². The van der Waals surface area contributed by atoms with Gasteiger partial charge in [-0.15, -0.1) is 26.6 Å². The predicted molar refractivity (Wildman–Crippen MR) is 93.3 cm³/mol. The van der Waals surface area contributed by atoms with Crippen molar-refractivity contribution in [2.24, 2.45) is 0 Å². The maximum Gasteiger partial charge on any atom is 0.453 e. The quantitative estimate of drug-likeness (QED) is 0.593. The van der Waals surface area contributed by atoms with Crippen molar-refractivity contribution in [2.75, 3.05) is 18.4 Å². The van der Waals surface area contributed by atoms with Crippen molar-refractivity contribution in [3.8, 4) is 0 Å². The molecule has 3 aromatic heterocycles. The number of anilines is 1. The molecule has 0 atom stereocenters. The van der Waals surface area contributed by atoms with Gasteiger partial charge in [0.15, 0.2) is 5.65 Å². The Morgan fingerprint density at radius 1 is 1.19 bits per heavy atom. The molecule has 0 radical (unpaired) electrons. The maximum atomic E-state index is 13.0. The standard InChI is InChI=1S/C14H15F3N6O2S2/c1-8-9(2)12-20-21-13(14(15,16)17)23(12)22-11(8)18-5-6-19-27(24,25)10-4-3-7-26-10/h3-4,7,19H,5-6H2,1-2H3,(H,18,22). The number of aromatic nitrogens is 4. The normalized spacial score (nSPS) is 12.6. The second kappa shape index (κ2) is 7.05. The lowest BCUT2D eigenvalue weighted by molar-refractivity contribution is -0.146. The first-order valence-corrected chi connectivity index (χ1v) is 10.0.